The summed E-state index contributed by atoms with van der Waals surface area (Å²) in [4.78, 5) is 23.0. The van der Waals surface area contributed by atoms with Gasteiger partial charge in [-0.05, 0) is 31.4 Å². The number of nitrogens with zero attached hydrogens (tertiary/aromatic N) is 1. The summed E-state index contributed by atoms with van der Waals surface area (Å²) in [7, 11) is 0. The quantitative estimate of drug-likeness (QED) is 0.579. The van der Waals surface area contributed by atoms with Crippen molar-refractivity contribution in [1.82, 2.24) is 21.0 Å². The number of carbonyl (C=O) groups is 2. The molecule has 0 atom stereocenters. The fourth-order valence-electron chi connectivity index (χ4n) is 1.83. The number of hydrogen-bond acceptors (Lipinski definition) is 4. The Morgan fingerprint density at radius 3 is 2.68 bits per heavy atom. The van der Waals surface area contributed by atoms with E-state index in [1.807, 2.05) is 30.3 Å². The third-order valence-corrected chi connectivity index (χ3v) is 2.90. The Balaban J connectivity index is 1.61. The van der Waals surface area contributed by atoms with Crippen molar-refractivity contribution >= 4 is 12.0 Å². The Labute approximate surface area is 128 Å². The van der Waals surface area contributed by atoms with Crippen LogP contribution in [-0.4, -0.2) is 28.8 Å². The van der Waals surface area contributed by atoms with Gasteiger partial charge >= 0.3 is 6.09 Å². The molecule has 0 saturated carbocycles. The van der Waals surface area contributed by atoms with Crippen LogP contribution in [0.2, 0.25) is 0 Å². The van der Waals surface area contributed by atoms with Gasteiger partial charge in [0.15, 0.2) is 5.69 Å². The van der Waals surface area contributed by atoms with E-state index >= 15 is 0 Å². The van der Waals surface area contributed by atoms with E-state index in [-0.39, 0.29) is 12.3 Å². The van der Waals surface area contributed by atoms with Crippen LogP contribution < -0.4 is 10.9 Å². The topological polar surface area (TPSA) is 96.1 Å². The predicted octanol–water partition coefficient (Wildman–Crippen LogP) is 1.72. The van der Waals surface area contributed by atoms with Crippen LogP contribution in [0.1, 0.15) is 28.2 Å². The van der Waals surface area contributed by atoms with Crippen molar-refractivity contribution in [2.75, 3.05) is 6.61 Å². The molecular formula is C15H18N4O3. The molecule has 2 amide bonds. The minimum absolute atomic E-state index is 0.196. The van der Waals surface area contributed by atoms with Gasteiger partial charge < -0.3 is 4.74 Å². The largest absolute Gasteiger partial charge is 0.448 e. The molecule has 0 aliphatic heterocycles. The van der Waals surface area contributed by atoms with Crippen LogP contribution in [0, 0.1) is 6.92 Å². The lowest BCUT2D eigenvalue weighted by Crippen LogP contribution is -2.42. The summed E-state index contributed by atoms with van der Waals surface area (Å²) in [5.41, 5.74) is 6.54. The van der Waals surface area contributed by atoms with Crippen molar-refractivity contribution in [3.63, 3.8) is 0 Å². The van der Waals surface area contributed by atoms with E-state index in [1.54, 1.807) is 13.0 Å². The average molecular weight is 302 g/mol. The maximum Gasteiger partial charge on any atom is 0.426 e. The second-order valence-corrected chi connectivity index (χ2v) is 4.74. The normalized spacial score (nSPS) is 10.0. The molecule has 2 aromatic rings. The van der Waals surface area contributed by atoms with Crippen LogP contribution in [0.5, 0.6) is 0 Å². The Morgan fingerprint density at radius 2 is 2.00 bits per heavy atom. The maximum absolute atomic E-state index is 11.6. The minimum atomic E-state index is -0.700. The molecular weight excluding hydrogens is 284 g/mol. The molecule has 0 radical (unpaired) electrons. The van der Waals surface area contributed by atoms with E-state index in [0.29, 0.717) is 6.42 Å². The summed E-state index contributed by atoms with van der Waals surface area (Å²) in [6.07, 6.45) is 0.838. The number of hydrazine groups is 1. The van der Waals surface area contributed by atoms with E-state index < -0.39 is 12.0 Å². The summed E-state index contributed by atoms with van der Waals surface area (Å²) in [6.45, 7) is 2.05. The zero-order valence-electron chi connectivity index (χ0n) is 12.3. The number of aryl methyl sites for hydroxylation is 2. The molecule has 22 heavy (non-hydrogen) atoms. The molecule has 0 fully saturated rings. The number of H-pyrrole nitrogens is 1. The molecule has 1 heterocycles. The highest BCUT2D eigenvalue weighted by Crippen LogP contribution is 2.02. The zero-order valence-corrected chi connectivity index (χ0v) is 12.3. The second-order valence-electron chi connectivity index (χ2n) is 4.74. The van der Waals surface area contributed by atoms with Crippen molar-refractivity contribution in [2.24, 2.45) is 0 Å². The van der Waals surface area contributed by atoms with Gasteiger partial charge in [0.25, 0.3) is 5.91 Å². The van der Waals surface area contributed by atoms with Crippen molar-refractivity contribution in [2.45, 2.75) is 19.8 Å². The highest BCUT2D eigenvalue weighted by Gasteiger charge is 2.10. The second kappa shape index (κ2) is 7.82. The molecule has 0 unspecified atom stereocenters. The van der Waals surface area contributed by atoms with E-state index in [1.165, 1.54) is 5.56 Å². The summed E-state index contributed by atoms with van der Waals surface area (Å²) in [6, 6.07) is 11.5. The number of nitrogens with one attached hydrogen (secondary N) is 3. The highest BCUT2D eigenvalue weighted by atomic mass is 16.6. The number of ether oxygens (including phenoxy) is 1. The number of hydrogen-bond donors (Lipinski definition) is 3. The third kappa shape index (κ3) is 4.93. The molecule has 2 rings (SSSR count). The lowest BCUT2D eigenvalue weighted by molar-refractivity contribution is 0.0904. The summed E-state index contributed by atoms with van der Waals surface area (Å²) in [5.74, 6) is -0.509. The van der Waals surface area contributed by atoms with Crippen LogP contribution in [-0.2, 0) is 11.2 Å². The number of rotatable bonds is 5. The lowest BCUT2D eigenvalue weighted by atomic mass is 10.1. The standard InChI is InChI=1S/C15H18N4O3/c1-11-10-13(17-16-11)14(20)18-19-15(21)22-9-5-8-12-6-3-2-4-7-12/h2-4,6-7,10H,5,8-9H2,1H3,(H,16,17)(H,18,20)(H,19,21). The molecule has 3 N–H and O–H groups in total. The van der Waals surface area contributed by atoms with Gasteiger partial charge in [0.1, 0.15) is 0 Å². The van der Waals surface area contributed by atoms with Gasteiger partial charge in [-0.1, -0.05) is 30.3 Å². The number of carbonyl (C=O) groups excluding carboxylic acids is 2. The van der Waals surface area contributed by atoms with Gasteiger partial charge in [-0.3, -0.25) is 15.3 Å². The van der Waals surface area contributed by atoms with Crippen molar-refractivity contribution < 1.29 is 14.3 Å². The summed E-state index contributed by atoms with van der Waals surface area (Å²) in [5, 5.41) is 6.41. The monoisotopic (exact) mass is 302 g/mol. The number of amides is 2. The van der Waals surface area contributed by atoms with Gasteiger partial charge in [0.2, 0.25) is 0 Å². The first-order valence-electron chi connectivity index (χ1n) is 6.94. The Kier molecular flexibility index (Phi) is 5.53. The smallest absolute Gasteiger partial charge is 0.426 e. The van der Waals surface area contributed by atoms with Crippen molar-refractivity contribution in [3.8, 4) is 0 Å². The molecule has 0 spiro atoms. The third-order valence-electron chi connectivity index (χ3n) is 2.90. The van der Waals surface area contributed by atoms with E-state index in [0.717, 1.165) is 12.1 Å². The van der Waals surface area contributed by atoms with Crippen LogP contribution in [0.3, 0.4) is 0 Å². The van der Waals surface area contributed by atoms with E-state index in [4.69, 9.17) is 4.74 Å². The number of benzene rings is 1. The van der Waals surface area contributed by atoms with E-state index in [2.05, 4.69) is 21.0 Å². The fraction of sp³-hybridized carbons (Fsp3) is 0.267. The molecule has 7 nitrogen and oxygen atoms in total. The van der Waals surface area contributed by atoms with Gasteiger partial charge in [0.05, 0.1) is 6.61 Å². The SMILES string of the molecule is Cc1cc(C(=O)NNC(=O)OCCCc2ccccc2)n[nH]1. The first-order valence-corrected chi connectivity index (χ1v) is 6.94. The van der Waals surface area contributed by atoms with Gasteiger partial charge in [-0.15, -0.1) is 0 Å². The molecule has 1 aromatic heterocycles. The molecule has 0 aliphatic carbocycles. The molecule has 0 bridgehead atoms. The van der Waals surface area contributed by atoms with Gasteiger partial charge in [-0.25, -0.2) is 10.2 Å². The Bertz CT molecular complexity index is 625. The number of aromatic nitrogens is 2. The van der Waals surface area contributed by atoms with Crippen molar-refractivity contribution in [3.05, 3.63) is 53.3 Å². The Hall–Kier alpha value is -2.83. The van der Waals surface area contributed by atoms with E-state index in [9.17, 15) is 9.59 Å². The van der Waals surface area contributed by atoms with Crippen LogP contribution in [0.4, 0.5) is 4.79 Å². The molecule has 7 heteroatoms. The van der Waals surface area contributed by atoms with Crippen LogP contribution in [0.25, 0.3) is 0 Å². The fourth-order valence-corrected chi connectivity index (χ4v) is 1.83. The highest BCUT2D eigenvalue weighted by molar-refractivity contribution is 5.93. The predicted molar refractivity (Wildman–Crippen MR) is 80.0 cm³/mol. The summed E-state index contributed by atoms with van der Waals surface area (Å²) < 4.78 is 4.96. The minimum Gasteiger partial charge on any atom is -0.448 e. The number of aromatic amines is 1. The first kappa shape index (κ1) is 15.6. The molecule has 1 aromatic carbocycles. The van der Waals surface area contributed by atoms with Crippen LogP contribution in [0.15, 0.2) is 36.4 Å². The van der Waals surface area contributed by atoms with Gasteiger partial charge in [-0.2, -0.15) is 5.10 Å². The maximum atomic E-state index is 11.6. The van der Waals surface area contributed by atoms with Crippen LogP contribution >= 0.6 is 0 Å². The first-order chi connectivity index (χ1) is 10.6. The Morgan fingerprint density at radius 1 is 1.23 bits per heavy atom. The lowest BCUT2D eigenvalue weighted by Gasteiger charge is -2.07. The summed E-state index contributed by atoms with van der Waals surface area (Å²) >= 11 is 0. The van der Waals surface area contributed by atoms with Crippen molar-refractivity contribution in [1.29, 1.82) is 0 Å². The molecule has 0 saturated heterocycles. The average Bonchev–Trinajstić information content (AvgIpc) is 2.97. The molecule has 0 aliphatic rings. The zero-order chi connectivity index (χ0) is 15.8. The van der Waals surface area contributed by atoms with Gasteiger partial charge in [0, 0.05) is 5.69 Å². The molecule has 116 valence electrons.